The van der Waals surface area contributed by atoms with E-state index in [9.17, 15) is 9.59 Å². The van der Waals surface area contributed by atoms with Gasteiger partial charge in [-0.3, -0.25) is 14.5 Å². The van der Waals surface area contributed by atoms with Crippen molar-refractivity contribution in [3.63, 3.8) is 0 Å². The fraction of sp³-hybridized carbons (Fsp3) is 0.412. The van der Waals surface area contributed by atoms with Gasteiger partial charge in [-0.1, -0.05) is 86.1 Å². The SMILES string of the molecule is CC(C)CC(C(=O)NC(Cc1ccc(OCc2ccccc2)cc1)C(=O)NC(C)(C)C)N(C)Cc1ccccc1Cl. The van der Waals surface area contributed by atoms with Crippen LogP contribution in [0.5, 0.6) is 5.75 Å². The molecule has 0 heterocycles. The van der Waals surface area contributed by atoms with Crippen molar-refractivity contribution in [3.8, 4) is 5.75 Å². The predicted octanol–water partition coefficient (Wildman–Crippen LogP) is 6.41. The molecular formula is C34H44ClN3O3. The van der Waals surface area contributed by atoms with E-state index in [2.05, 4.69) is 24.5 Å². The van der Waals surface area contributed by atoms with E-state index in [1.54, 1.807) is 0 Å². The predicted molar refractivity (Wildman–Crippen MR) is 167 cm³/mol. The maximum Gasteiger partial charge on any atom is 0.243 e. The van der Waals surface area contributed by atoms with Gasteiger partial charge in [-0.15, -0.1) is 0 Å². The third kappa shape index (κ3) is 10.9. The quantitative estimate of drug-likeness (QED) is 0.246. The third-order valence-electron chi connectivity index (χ3n) is 6.65. The molecule has 7 heteroatoms. The van der Waals surface area contributed by atoms with Crippen LogP contribution in [-0.4, -0.2) is 41.4 Å². The summed E-state index contributed by atoms with van der Waals surface area (Å²) >= 11 is 6.41. The van der Waals surface area contributed by atoms with E-state index in [0.29, 0.717) is 31.0 Å². The first kappa shape index (κ1) is 32.2. The number of benzene rings is 3. The van der Waals surface area contributed by atoms with Gasteiger partial charge in [-0.05, 0) is 75.0 Å². The molecule has 2 N–H and O–H groups in total. The highest BCUT2D eigenvalue weighted by Gasteiger charge is 2.30. The van der Waals surface area contributed by atoms with E-state index in [-0.39, 0.29) is 17.7 Å². The van der Waals surface area contributed by atoms with Gasteiger partial charge < -0.3 is 15.4 Å². The number of likely N-dealkylation sites (N-methyl/N-ethyl adjacent to an activating group) is 1. The van der Waals surface area contributed by atoms with Crippen molar-refractivity contribution in [2.24, 2.45) is 5.92 Å². The lowest BCUT2D eigenvalue weighted by molar-refractivity contribution is -0.132. The molecule has 0 radical (unpaired) electrons. The van der Waals surface area contributed by atoms with Gasteiger partial charge in [0.05, 0.1) is 6.04 Å². The molecular weight excluding hydrogens is 534 g/mol. The second-order valence-electron chi connectivity index (χ2n) is 12.1. The van der Waals surface area contributed by atoms with Gasteiger partial charge >= 0.3 is 0 Å². The Kier molecular flexibility index (Phi) is 11.8. The minimum Gasteiger partial charge on any atom is -0.489 e. The van der Waals surface area contributed by atoms with Crippen LogP contribution in [0, 0.1) is 5.92 Å². The first-order valence-corrected chi connectivity index (χ1v) is 14.6. The molecule has 0 aliphatic heterocycles. The van der Waals surface area contributed by atoms with E-state index in [4.69, 9.17) is 16.3 Å². The minimum absolute atomic E-state index is 0.176. The maximum atomic E-state index is 13.8. The van der Waals surface area contributed by atoms with Crippen molar-refractivity contribution < 1.29 is 14.3 Å². The van der Waals surface area contributed by atoms with Gasteiger partial charge in [0, 0.05) is 23.5 Å². The van der Waals surface area contributed by atoms with Crippen LogP contribution in [0.1, 0.15) is 57.7 Å². The molecule has 0 saturated heterocycles. The summed E-state index contributed by atoms with van der Waals surface area (Å²) in [6.45, 7) is 11.0. The van der Waals surface area contributed by atoms with Gasteiger partial charge in [0.2, 0.25) is 11.8 Å². The lowest BCUT2D eigenvalue weighted by atomic mass is 9.99. The molecule has 0 bridgehead atoms. The van der Waals surface area contributed by atoms with Crippen LogP contribution in [0.15, 0.2) is 78.9 Å². The van der Waals surface area contributed by atoms with Crippen LogP contribution < -0.4 is 15.4 Å². The number of amides is 2. The van der Waals surface area contributed by atoms with Gasteiger partial charge in [0.1, 0.15) is 18.4 Å². The molecule has 0 aliphatic rings. The van der Waals surface area contributed by atoms with Gasteiger partial charge in [0.25, 0.3) is 0 Å². The number of carbonyl (C=O) groups is 2. The lowest BCUT2D eigenvalue weighted by Crippen LogP contribution is -2.56. The number of rotatable bonds is 13. The van der Waals surface area contributed by atoms with Crippen LogP contribution in [0.25, 0.3) is 0 Å². The monoisotopic (exact) mass is 577 g/mol. The van der Waals surface area contributed by atoms with E-state index >= 15 is 0 Å². The average molecular weight is 578 g/mol. The zero-order valence-corrected chi connectivity index (χ0v) is 25.9. The molecule has 6 nitrogen and oxygen atoms in total. The summed E-state index contributed by atoms with van der Waals surface area (Å²) in [5.74, 6) is 0.637. The number of ether oxygens (including phenoxy) is 1. The number of halogens is 1. The zero-order chi connectivity index (χ0) is 30.0. The van der Waals surface area contributed by atoms with E-state index in [1.807, 2.05) is 112 Å². The first-order valence-electron chi connectivity index (χ1n) is 14.2. The topological polar surface area (TPSA) is 70.7 Å². The van der Waals surface area contributed by atoms with E-state index in [1.165, 1.54) is 0 Å². The normalized spacial score (nSPS) is 13.1. The molecule has 0 spiro atoms. The fourth-order valence-electron chi connectivity index (χ4n) is 4.57. The lowest BCUT2D eigenvalue weighted by Gasteiger charge is -2.31. The van der Waals surface area contributed by atoms with Gasteiger partial charge in [-0.2, -0.15) is 0 Å². The van der Waals surface area contributed by atoms with Gasteiger partial charge in [0.15, 0.2) is 0 Å². The number of hydrogen-bond donors (Lipinski definition) is 2. The molecule has 3 rings (SSSR count). The molecule has 0 aliphatic carbocycles. The molecule has 0 fully saturated rings. The molecule has 3 aromatic rings. The Morgan fingerprint density at radius 1 is 0.878 bits per heavy atom. The minimum atomic E-state index is -0.735. The number of carbonyl (C=O) groups excluding carboxylic acids is 2. The number of nitrogens with zero attached hydrogens (tertiary/aromatic N) is 1. The number of nitrogens with one attached hydrogen (secondary N) is 2. The Morgan fingerprint density at radius 3 is 2.12 bits per heavy atom. The maximum absolute atomic E-state index is 13.8. The molecule has 0 saturated carbocycles. The Balaban J connectivity index is 1.74. The Bertz CT molecular complexity index is 1260. The fourth-order valence-corrected chi connectivity index (χ4v) is 4.77. The highest BCUT2D eigenvalue weighted by Crippen LogP contribution is 2.21. The summed E-state index contributed by atoms with van der Waals surface area (Å²) in [6, 6.07) is 24.2. The Morgan fingerprint density at radius 2 is 1.51 bits per heavy atom. The molecule has 2 atom stereocenters. The van der Waals surface area contributed by atoms with Crippen LogP contribution in [0.2, 0.25) is 5.02 Å². The van der Waals surface area contributed by atoms with Crippen molar-refractivity contribution in [3.05, 3.63) is 101 Å². The highest BCUT2D eigenvalue weighted by molar-refractivity contribution is 6.31. The van der Waals surface area contributed by atoms with Crippen molar-refractivity contribution in [2.75, 3.05) is 7.05 Å². The van der Waals surface area contributed by atoms with Gasteiger partial charge in [-0.25, -0.2) is 0 Å². The average Bonchev–Trinajstić information content (AvgIpc) is 2.91. The Hall–Kier alpha value is -3.35. The van der Waals surface area contributed by atoms with Crippen molar-refractivity contribution in [2.45, 2.75) is 78.2 Å². The van der Waals surface area contributed by atoms with Crippen molar-refractivity contribution in [1.29, 1.82) is 0 Å². The van der Waals surface area contributed by atoms with Crippen LogP contribution in [0.3, 0.4) is 0 Å². The number of hydrogen-bond acceptors (Lipinski definition) is 4. The molecule has 220 valence electrons. The summed E-state index contributed by atoms with van der Waals surface area (Å²) in [4.78, 5) is 29.2. The molecule has 0 aromatic heterocycles. The van der Waals surface area contributed by atoms with Crippen LogP contribution >= 0.6 is 11.6 Å². The smallest absolute Gasteiger partial charge is 0.243 e. The third-order valence-corrected chi connectivity index (χ3v) is 7.02. The summed E-state index contributed by atoms with van der Waals surface area (Å²) in [7, 11) is 1.92. The summed E-state index contributed by atoms with van der Waals surface area (Å²) in [5.41, 5.74) is 2.53. The highest BCUT2D eigenvalue weighted by atomic mass is 35.5. The van der Waals surface area contributed by atoms with Crippen LogP contribution in [-0.2, 0) is 29.2 Å². The largest absolute Gasteiger partial charge is 0.489 e. The second kappa shape index (κ2) is 15.0. The molecule has 3 aromatic carbocycles. The van der Waals surface area contributed by atoms with Crippen molar-refractivity contribution >= 4 is 23.4 Å². The summed E-state index contributed by atoms with van der Waals surface area (Å²) in [6.07, 6.45) is 1.00. The summed E-state index contributed by atoms with van der Waals surface area (Å²) < 4.78 is 5.92. The Labute approximate surface area is 250 Å². The standard InChI is InChI=1S/C34H44ClN3O3/c1-24(2)20-31(38(6)22-27-14-10-11-15-29(27)35)33(40)36-30(32(39)37-34(3,4)5)21-25-16-18-28(19-17-25)41-23-26-12-8-7-9-13-26/h7-19,24,30-31H,20-23H2,1-6H3,(H,36,40)(H,37,39). The van der Waals surface area contributed by atoms with Crippen LogP contribution in [0.4, 0.5) is 0 Å². The van der Waals surface area contributed by atoms with E-state index < -0.39 is 17.6 Å². The molecule has 2 unspecified atom stereocenters. The zero-order valence-electron chi connectivity index (χ0n) is 25.1. The van der Waals surface area contributed by atoms with E-state index in [0.717, 1.165) is 22.4 Å². The second-order valence-corrected chi connectivity index (χ2v) is 12.5. The van der Waals surface area contributed by atoms with Crippen molar-refractivity contribution in [1.82, 2.24) is 15.5 Å². The molecule has 41 heavy (non-hydrogen) atoms. The molecule has 2 amide bonds. The summed E-state index contributed by atoms with van der Waals surface area (Å²) in [5, 5.41) is 6.79. The first-order chi connectivity index (χ1) is 19.4.